The number of benzene rings is 2. The summed E-state index contributed by atoms with van der Waals surface area (Å²) < 4.78 is 29.0. The number of anilines is 1. The van der Waals surface area contributed by atoms with Crippen LogP contribution in [-0.4, -0.2) is 60.7 Å². The van der Waals surface area contributed by atoms with E-state index in [9.17, 15) is 18.0 Å². The van der Waals surface area contributed by atoms with Gasteiger partial charge in [0.2, 0.25) is 0 Å². The largest absolute Gasteiger partial charge is 0.326 e. The normalized spacial score (nSPS) is 15.9. The van der Waals surface area contributed by atoms with Crippen molar-refractivity contribution in [2.24, 2.45) is 0 Å². The van der Waals surface area contributed by atoms with Crippen LogP contribution < -0.4 is 10.0 Å². The zero-order valence-corrected chi connectivity index (χ0v) is 20.9. The first kappa shape index (κ1) is 24.5. The molecule has 1 aliphatic heterocycles. The van der Waals surface area contributed by atoms with E-state index in [0.717, 1.165) is 5.39 Å². The molecular weight excluding hydrogens is 490 g/mol. The van der Waals surface area contributed by atoms with Gasteiger partial charge in [0.1, 0.15) is 10.9 Å². The number of carbonyl (C=O) groups excluding carboxylic acids is 2. The van der Waals surface area contributed by atoms with Crippen LogP contribution in [0, 0.1) is 6.92 Å². The summed E-state index contributed by atoms with van der Waals surface area (Å²) in [6, 6.07) is 15.9. The van der Waals surface area contributed by atoms with Gasteiger partial charge in [0.05, 0.1) is 11.2 Å². The molecule has 0 saturated carbocycles. The van der Waals surface area contributed by atoms with Crippen LogP contribution in [0.4, 0.5) is 5.69 Å². The summed E-state index contributed by atoms with van der Waals surface area (Å²) >= 11 is 0. The second kappa shape index (κ2) is 10.1. The van der Waals surface area contributed by atoms with Crippen molar-refractivity contribution in [1.82, 2.24) is 20.2 Å². The maximum Gasteiger partial charge on any atom is 0.264 e. The molecule has 0 spiro atoms. The molecule has 37 heavy (non-hydrogen) atoms. The highest BCUT2D eigenvalue weighted by atomic mass is 32.2. The smallest absolute Gasteiger partial charge is 0.264 e. The summed E-state index contributed by atoms with van der Waals surface area (Å²) in [5.74, 6) is -0.447. The Labute approximate surface area is 214 Å². The Hall–Kier alpha value is -4.15. The van der Waals surface area contributed by atoms with E-state index in [2.05, 4.69) is 20.0 Å². The van der Waals surface area contributed by atoms with Gasteiger partial charge in [0.25, 0.3) is 15.9 Å². The van der Waals surface area contributed by atoms with Crippen LogP contribution in [0.2, 0.25) is 0 Å². The van der Waals surface area contributed by atoms with Crippen LogP contribution >= 0.6 is 0 Å². The van der Waals surface area contributed by atoms with Crippen molar-refractivity contribution in [2.45, 2.75) is 17.9 Å². The first-order valence-electron chi connectivity index (χ1n) is 11.8. The average molecular weight is 516 g/mol. The lowest BCUT2D eigenvalue weighted by Crippen LogP contribution is -2.57. The quantitative estimate of drug-likeness (QED) is 0.379. The fourth-order valence-electron chi connectivity index (χ4n) is 4.46. The highest BCUT2D eigenvalue weighted by Crippen LogP contribution is 2.26. The van der Waals surface area contributed by atoms with Gasteiger partial charge in [0, 0.05) is 54.7 Å². The van der Waals surface area contributed by atoms with E-state index in [1.54, 1.807) is 85.0 Å². The van der Waals surface area contributed by atoms with E-state index in [1.165, 1.54) is 6.07 Å². The van der Waals surface area contributed by atoms with Crippen molar-refractivity contribution in [3.05, 3.63) is 95.9 Å². The number of Topliss-reactive ketones (excluding diaryl/α,β-unsaturated/α-hetero) is 1. The number of para-hydroxylation sites is 1. The van der Waals surface area contributed by atoms with E-state index in [-0.39, 0.29) is 16.6 Å². The Balaban J connectivity index is 1.39. The van der Waals surface area contributed by atoms with Crippen LogP contribution in [0.5, 0.6) is 0 Å². The number of hydrogen-bond acceptors (Lipinski definition) is 7. The van der Waals surface area contributed by atoms with Crippen molar-refractivity contribution in [1.29, 1.82) is 0 Å². The molecule has 4 aromatic rings. The molecule has 1 saturated heterocycles. The number of piperazine rings is 1. The second-order valence-electron chi connectivity index (χ2n) is 8.79. The van der Waals surface area contributed by atoms with Gasteiger partial charge in [-0.2, -0.15) is 0 Å². The Morgan fingerprint density at radius 1 is 1.00 bits per heavy atom. The highest BCUT2D eigenvalue weighted by molar-refractivity contribution is 7.93. The number of aromatic nitrogens is 2. The van der Waals surface area contributed by atoms with Crippen molar-refractivity contribution in [2.75, 3.05) is 24.4 Å². The van der Waals surface area contributed by atoms with Crippen LogP contribution in [0.15, 0.2) is 84.1 Å². The topological polar surface area (TPSA) is 121 Å². The number of amides is 1. The molecule has 1 fully saturated rings. The zero-order valence-electron chi connectivity index (χ0n) is 20.1. The first-order chi connectivity index (χ1) is 17.8. The minimum Gasteiger partial charge on any atom is -0.326 e. The monoisotopic (exact) mass is 515 g/mol. The summed E-state index contributed by atoms with van der Waals surface area (Å²) in [6.45, 7) is 3.03. The van der Waals surface area contributed by atoms with Crippen LogP contribution in [0.25, 0.3) is 10.9 Å². The van der Waals surface area contributed by atoms with Gasteiger partial charge in [-0.3, -0.25) is 24.3 Å². The molecule has 2 N–H and O–H groups in total. The lowest BCUT2D eigenvalue weighted by molar-refractivity contribution is 0.0570. The molecule has 0 bridgehead atoms. The van der Waals surface area contributed by atoms with Gasteiger partial charge in [-0.25, -0.2) is 8.42 Å². The molecule has 2 aromatic carbocycles. The van der Waals surface area contributed by atoms with Crippen LogP contribution in [0.1, 0.15) is 26.3 Å². The number of fused-ring (bicyclic) bond motifs is 1. The maximum atomic E-state index is 13.4. The molecular formula is C27H25N5O4S. The third-order valence-electron chi connectivity index (χ3n) is 6.37. The Morgan fingerprint density at radius 3 is 2.57 bits per heavy atom. The molecule has 188 valence electrons. The Kier molecular flexibility index (Phi) is 6.68. The second-order valence-corrected chi connectivity index (χ2v) is 10.4. The number of nitrogens with zero attached hydrogens (tertiary/aromatic N) is 3. The average Bonchev–Trinajstić information content (AvgIpc) is 2.93. The first-order valence-corrected chi connectivity index (χ1v) is 13.3. The molecule has 1 amide bonds. The minimum absolute atomic E-state index is 0.0726. The number of aryl methyl sites for hydroxylation is 1. The molecule has 5 rings (SSSR count). The molecule has 10 heteroatoms. The summed E-state index contributed by atoms with van der Waals surface area (Å²) in [5.41, 5.74) is 2.18. The van der Waals surface area contributed by atoms with Gasteiger partial charge < -0.3 is 10.2 Å². The van der Waals surface area contributed by atoms with E-state index in [1.807, 2.05) is 0 Å². The summed E-state index contributed by atoms with van der Waals surface area (Å²) in [7, 11) is -3.93. The number of carbonyl (C=O) groups is 2. The van der Waals surface area contributed by atoms with E-state index in [0.29, 0.717) is 47.5 Å². The lowest BCUT2D eigenvalue weighted by Gasteiger charge is -2.35. The number of rotatable bonds is 6. The van der Waals surface area contributed by atoms with Gasteiger partial charge in [0.15, 0.2) is 5.78 Å². The van der Waals surface area contributed by atoms with Crippen molar-refractivity contribution >= 4 is 38.3 Å². The third kappa shape index (κ3) is 4.93. The van der Waals surface area contributed by atoms with E-state index < -0.39 is 16.1 Å². The predicted molar refractivity (Wildman–Crippen MR) is 140 cm³/mol. The number of sulfonamides is 1. The van der Waals surface area contributed by atoms with Crippen LogP contribution in [0.3, 0.4) is 0 Å². The lowest BCUT2D eigenvalue weighted by atomic mass is 10.0. The highest BCUT2D eigenvalue weighted by Gasteiger charge is 2.33. The summed E-state index contributed by atoms with van der Waals surface area (Å²) in [4.78, 5) is 36.4. The van der Waals surface area contributed by atoms with Gasteiger partial charge >= 0.3 is 0 Å². The molecule has 2 aromatic heterocycles. The van der Waals surface area contributed by atoms with Gasteiger partial charge in [-0.05, 0) is 55.0 Å². The number of nitrogens with one attached hydrogen (secondary N) is 2. The molecule has 9 nitrogen and oxygen atoms in total. The van der Waals surface area contributed by atoms with Gasteiger partial charge in [-0.1, -0.05) is 18.2 Å². The van der Waals surface area contributed by atoms with Crippen molar-refractivity contribution < 1.29 is 18.0 Å². The summed E-state index contributed by atoms with van der Waals surface area (Å²) in [6.07, 6.45) is 4.65. The molecule has 1 unspecified atom stereocenters. The number of pyridine rings is 2. The molecule has 3 heterocycles. The minimum atomic E-state index is -3.93. The Morgan fingerprint density at radius 2 is 1.78 bits per heavy atom. The molecule has 0 aliphatic carbocycles. The Bertz CT molecular complexity index is 1590. The van der Waals surface area contributed by atoms with E-state index in [4.69, 9.17) is 0 Å². The van der Waals surface area contributed by atoms with Crippen molar-refractivity contribution in [3.8, 4) is 0 Å². The third-order valence-corrected chi connectivity index (χ3v) is 7.77. The van der Waals surface area contributed by atoms with Gasteiger partial charge in [-0.15, -0.1) is 0 Å². The number of ketones is 1. The predicted octanol–water partition coefficient (Wildman–Crippen LogP) is 3.04. The van der Waals surface area contributed by atoms with Crippen LogP contribution in [-0.2, 0) is 10.0 Å². The number of hydrogen-bond donors (Lipinski definition) is 2. The fourth-order valence-corrected chi connectivity index (χ4v) is 5.77. The maximum absolute atomic E-state index is 13.4. The molecule has 1 aliphatic rings. The standard InChI is InChI=1S/C27H25N5O4S/c1-18-16-21(27(34)32-15-14-29-17-23(32)26(33)20-9-12-28-13-10-20)7-8-22(18)31-37(35,36)24-6-2-4-19-5-3-11-30-25(19)24/h2-13,16,23,29,31H,14-15,17H2,1H3. The fraction of sp³-hybridized carbons (Fsp3) is 0.185. The van der Waals surface area contributed by atoms with E-state index >= 15 is 0 Å². The summed E-state index contributed by atoms with van der Waals surface area (Å²) in [5, 5.41) is 3.90. The van der Waals surface area contributed by atoms with Crippen molar-refractivity contribution in [3.63, 3.8) is 0 Å². The molecule has 1 atom stereocenters. The molecule has 0 radical (unpaired) electrons. The zero-order chi connectivity index (χ0) is 26.0. The SMILES string of the molecule is Cc1cc(C(=O)N2CCNCC2C(=O)c2ccncc2)ccc1NS(=O)(=O)c1cccc2cccnc12.